The van der Waals surface area contributed by atoms with Crippen LogP contribution in [-0.4, -0.2) is 34.3 Å². The number of rotatable bonds is 18. The molecule has 6 nitrogen and oxygen atoms in total. The Balaban J connectivity index is 2.09. The molecule has 166 valence electrons. The number of nitrogens with one attached hydrogen (secondary N) is 1. The number of hydrogen-bond donors (Lipinski definition) is 3. The molecule has 29 heavy (non-hydrogen) atoms. The molecule has 0 aliphatic rings. The van der Waals surface area contributed by atoms with Crippen LogP contribution in [0, 0.1) is 10.1 Å². The summed E-state index contributed by atoms with van der Waals surface area (Å²) in [6, 6.07) is 5.36. The Bertz CT molecular complexity index is 536. The van der Waals surface area contributed by atoms with Crippen LogP contribution in [0.3, 0.4) is 0 Å². The summed E-state index contributed by atoms with van der Waals surface area (Å²) in [5, 5.41) is 33.9. The largest absolute Gasteiger partial charge is 0.395 e. The van der Waals surface area contributed by atoms with E-state index in [1.165, 1.54) is 88.5 Å². The average molecular weight is 409 g/mol. The Morgan fingerprint density at radius 2 is 1.38 bits per heavy atom. The molecule has 0 aromatic heterocycles. The maximum atomic E-state index is 10.7. The van der Waals surface area contributed by atoms with Crippen LogP contribution >= 0.6 is 0 Å². The molecule has 0 heterocycles. The summed E-state index contributed by atoms with van der Waals surface area (Å²) < 4.78 is 0. The van der Waals surface area contributed by atoms with E-state index in [0.717, 1.165) is 19.4 Å². The summed E-state index contributed by atoms with van der Waals surface area (Å²) in [7, 11) is 0. The molecular formula is C23H40N2O4. The predicted octanol–water partition coefficient (Wildman–Crippen LogP) is 5.28. The Labute approximate surface area is 175 Å². The van der Waals surface area contributed by atoms with Gasteiger partial charge in [0.1, 0.15) is 0 Å². The van der Waals surface area contributed by atoms with Crippen molar-refractivity contribution in [3.63, 3.8) is 0 Å². The maximum Gasteiger partial charge on any atom is 0.269 e. The smallest absolute Gasteiger partial charge is 0.269 e. The molecule has 2 unspecified atom stereocenters. The van der Waals surface area contributed by atoms with Crippen molar-refractivity contribution in [3.05, 3.63) is 39.9 Å². The van der Waals surface area contributed by atoms with Crippen LogP contribution in [0.5, 0.6) is 0 Å². The predicted molar refractivity (Wildman–Crippen MR) is 118 cm³/mol. The second-order valence-corrected chi connectivity index (χ2v) is 7.93. The monoisotopic (exact) mass is 408 g/mol. The Hall–Kier alpha value is -1.50. The van der Waals surface area contributed by atoms with E-state index in [9.17, 15) is 20.3 Å². The highest BCUT2D eigenvalue weighted by Crippen LogP contribution is 2.20. The van der Waals surface area contributed by atoms with E-state index in [0.29, 0.717) is 5.56 Å². The lowest BCUT2D eigenvalue weighted by molar-refractivity contribution is -0.384. The van der Waals surface area contributed by atoms with Gasteiger partial charge in [-0.3, -0.25) is 10.1 Å². The number of aliphatic hydroxyl groups is 2. The molecule has 6 heteroatoms. The number of aliphatic hydroxyl groups excluding tert-OH is 2. The second-order valence-electron chi connectivity index (χ2n) is 7.93. The van der Waals surface area contributed by atoms with Crippen LogP contribution < -0.4 is 5.32 Å². The van der Waals surface area contributed by atoms with Crippen molar-refractivity contribution in [1.82, 2.24) is 5.32 Å². The van der Waals surface area contributed by atoms with E-state index in [1.807, 2.05) is 0 Å². The van der Waals surface area contributed by atoms with Crippen molar-refractivity contribution in [2.45, 2.75) is 96.1 Å². The summed E-state index contributed by atoms with van der Waals surface area (Å²) in [4.78, 5) is 10.2. The van der Waals surface area contributed by atoms with E-state index in [1.54, 1.807) is 0 Å². The summed E-state index contributed by atoms with van der Waals surface area (Å²) in [6.07, 6.45) is 14.6. The Morgan fingerprint density at radius 1 is 0.897 bits per heavy atom. The van der Waals surface area contributed by atoms with Gasteiger partial charge in [-0.15, -0.1) is 0 Å². The quantitative estimate of drug-likeness (QED) is 0.174. The first kappa shape index (κ1) is 25.5. The number of benzene rings is 1. The fourth-order valence-corrected chi connectivity index (χ4v) is 3.55. The van der Waals surface area contributed by atoms with Crippen LogP contribution in [0.2, 0.25) is 0 Å². The first-order valence-electron chi connectivity index (χ1n) is 11.4. The highest BCUT2D eigenvalue weighted by Gasteiger charge is 2.20. The summed E-state index contributed by atoms with van der Waals surface area (Å²) >= 11 is 0. The topological polar surface area (TPSA) is 95.6 Å². The molecule has 0 saturated carbocycles. The molecule has 0 amide bonds. The molecule has 1 aromatic carbocycles. The van der Waals surface area contributed by atoms with Crippen molar-refractivity contribution < 1.29 is 15.1 Å². The third-order valence-corrected chi connectivity index (χ3v) is 5.46. The van der Waals surface area contributed by atoms with Gasteiger partial charge in [0.15, 0.2) is 0 Å². The SMILES string of the molecule is CCCCCCCCCCCCCCNC(CO)C(O)c1ccc([N+](=O)[O-])cc1. The summed E-state index contributed by atoms with van der Waals surface area (Å²) in [6.45, 7) is 2.81. The van der Waals surface area contributed by atoms with Crippen LogP contribution in [0.15, 0.2) is 24.3 Å². The third-order valence-electron chi connectivity index (χ3n) is 5.46. The number of non-ortho nitro benzene ring substituents is 1. The summed E-state index contributed by atoms with van der Waals surface area (Å²) in [5.41, 5.74) is 0.558. The molecule has 0 saturated heterocycles. The normalized spacial score (nSPS) is 13.3. The molecule has 0 fully saturated rings. The highest BCUT2D eigenvalue weighted by atomic mass is 16.6. The van der Waals surface area contributed by atoms with E-state index in [-0.39, 0.29) is 12.3 Å². The molecule has 1 aromatic rings. The number of nitro groups is 1. The van der Waals surface area contributed by atoms with Crippen LogP contribution in [-0.2, 0) is 0 Å². The van der Waals surface area contributed by atoms with Gasteiger partial charge in [0, 0.05) is 12.1 Å². The van der Waals surface area contributed by atoms with E-state index in [4.69, 9.17) is 0 Å². The molecule has 0 bridgehead atoms. The first-order chi connectivity index (χ1) is 14.1. The minimum absolute atomic E-state index is 0.00838. The molecule has 0 radical (unpaired) electrons. The molecule has 2 atom stereocenters. The van der Waals surface area contributed by atoms with E-state index < -0.39 is 17.1 Å². The molecule has 3 N–H and O–H groups in total. The third kappa shape index (κ3) is 11.3. The number of hydrogen-bond acceptors (Lipinski definition) is 5. The fraction of sp³-hybridized carbons (Fsp3) is 0.739. The zero-order valence-electron chi connectivity index (χ0n) is 18.0. The Kier molecular flexibility index (Phi) is 14.4. The first-order valence-corrected chi connectivity index (χ1v) is 11.4. The number of nitrogens with zero attached hydrogens (tertiary/aromatic N) is 1. The van der Waals surface area contributed by atoms with Gasteiger partial charge in [-0.1, -0.05) is 77.6 Å². The van der Waals surface area contributed by atoms with Gasteiger partial charge in [-0.25, -0.2) is 0 Å². The van der Waals surface area contributed by atoms with Crippen LogP contribution in [0.1, 0.15) is 95.6 Å². The van der Waals surface area contributed by atoms with Crippen molar-refractivity contribution in [3.8, 4) is 0 Å². The van der Waals surface area contributed by atoms with Gasteiger partial charge in [0.2, 0.25) is 0 Å². The van der Waals surface area contributed by atoms with Gasteiger partial charge in [0.05, 0.1) is 23.7 Å². The maximum absolute atomic E-state index is 10.7. The Morgan fingerprint density at radius 3 is 1.83 bits per heavy atom. The molecule has 0 spiro atoms. The minimum atomic E-state index is -0.891. The van der Waals surface area contributed by atoms with E-state index >= 15 is 0 Å². The summed E-state index contributed by atoms with van der Waals surface area (Å²) in [5.74, 6) is 0. The lowest BCUT2D eigenvalue weighted by Gasteiger charge is -2.22. The molecule has 0 aliphatic carbocycles. The van der Waals surface area contributed by atoms with E-state index in [2.05, 4.69) is 12.2 Å². The van der Waals surface area contributed by atoms with Crippen LogP contribution in [0.4, 0.5) is 5.69 Å². The van der Waals surface area contributed by atoms with Crippen molar-refractivity contribution >= 4 is 5.69 Å². The van der Waals surface area contributed by atoms with Gasteiger partial charge < -0.3 is 15.5 Å². The molecule has 1 rings (SSSR count). The number of nitro benzene ring substituents is 1. The van der Waals surface area contributed by atoms with Gasteiger partial charge in [0.25, 0.3) is 5.69 Å². The lowest BCUT2D eigenvalue weighted by Crippen LogP contribution is -2.38. The zero-order valence-corrected chi connectivity index (χ0v) is 18.0. The lowest BCUT2D eigenvalue weighted by atomic mass is 10.0. The van der Waals surface area contributed by atoms with Gasteiger partial charge in [-0.05, 0) is 30.7 Å². The van der Waals surface area contributed by atoms with Gasteiger partial charge in [-0.2, -0.15) is 0 Å². The standard InChI is InChI=1S/C23H40N2O4/c1-2-3-4-5-6-7-8-9-10-11-12-13-18-24-22(19-26)23(27)20-14-16-21(17-15-20)25(28)29/h14-17,22-24,26-27H,2-13,18-19H2,1H3. The molecule has 0 aliphatic heterocycles. The minimum Gasteiger partial charge on any atom is -0.395 e. The van der Waals surface area contributed by atoms with Crippen LogP contribution in [0.25, 0.3) is 0 Å². The number of unbranched alkanes of at least 4 members (excludes halogenated alkanes) is 11. The fourth-order valence-electron chi connectivity index (χ4n) is 3.55. The molecular weight excluding hydrogens is 368 g/mol. The highest BCUT2D eigenvalue weighted by molar-refractivity contribution is 5.34. The zero-order chi connectivity index (χ0) is 21.3. The van der Waals surface area contributed by atoms with Crippen molar-refractivity contribution in [2.24, 2.45) is 0 Å². The van der Waals surface area contributed by atoms with Gasteiger partial charge >= 0.3 is 0 Å². The van der Waals surface area contributed by atoms with Crippen molar-refractivity contribution in [2.75, 3.05) is 13.2 Å². The average Bonchev–Trinajstić information content (AvgIpc) is 2.73. The van der Waals surface area contributed by atoms with Crippen molar-refractivity contribution in [1.29, 1.82) is 0 Å². The second kappa shape index (κ2) is 16.3.